The maximum Gasteiger partial charge on any atom is 0.137 e. The maximum absolute atomic E-state index is 6.20. The van der Waals surface area contributed by atoms with Crippen LogP contribution in [0.5, 0.6) is 5.75 Å². The van der Waals surface area contributed by atoms with Gasteiger partial charge in [-0.2, -0.15) is 0 Å². The molecule has 0 radical (unpaired) electrons. The molecule has 2 nitrogen and oxygen atoms in total. The zero-order chi connectivity index (χ0) is 12.3. The second-order valence-electron chi connectivity index (χ2n) is 4.61. The molecular weight excluding hydrogens is 234 g/mol. The molecule has 1 N–H and O–H groups in total. The zero-order valence-corrected chi connectivity index (χ0v) is 11.3. The van der Waals surface area contributed by atoms with Gasteiger partial charge < -0.3 is 10.1 Å². The highest BCUT2D eigenvalue weighted by Crippen LogP contribution is 2.29. The molecule has 0 amide bonds. The fourth-order valence-electron chi connectivity index (χ4n) is 2.51. The van der Waals surface area contributed by atoms with E-state index >= 15 is 0 Å². The third-order valence-electron chi connectivity index (χ3n) is 3.48. The molecule has 1 aromatic rings. The Hall–Kier alpha value is -0.730. The lowest BCUT2D eigenvalue weighted by atomic mass is 9.97. The molecule has 0 saturated carbocycles. The summed E-state index contributed by atoms with van der Waals surface area (Å²) in [5.74, 6) is 0.784. The molecule has 1 saturated heterocycles. The Morgan fingerprint density at radius 3 is 2.82 bits per heavy atom. The topological polar surface area (TPSA) is 21.3 Å². The molecule has 1 heterocycles. The standard InChI is InChI=1S/C14H20ClNO/c1-3-10-9-14(17-2)13(15)8-11(10)7-12-5-4-6-16-12/h8-9,12,16H,3-7H2,1-2H3. The molecule has 1 aromatic carbocycles. The molecule has 1 unspecified atom stereocenters. The Kier molecular flexibility index (Phi) is 4.30. The molecule has 0 spiro atoms. The van der Waals surface area contributed by atoms with E-state index < -0.39 is 0 Å². The highest BCUT2D eigenvalue weighted by molar-refractivity contribution is 6.32. The van der Waals surface area contributed by atoms with Gasteiger partial charge in [-0.25, -0.2) is 0 Å². The normalized spacial score (nSPS) is 19.6. The van der Waals surface area contributed by atoms with Gasteiger partial charge in [-0.1, -0.05) is 18.5 Å². The number of halogens is 1. The molecule has 2 rings (SSSR count). The summed E-state index contributed by atoms with van der Waals surface area (Å²) in [7, 11) is 1.67. The molecular formula is C14H20ClNO. The number of nitrogens with one attached hydrogen (secondary N) is 1. The average Bonchev–Trinajstić information content (AvgIpc) is 2.82. The van der Waals surface area contributed by atoms with Crippen LogP contribution in [0, 0.1) is 0 Å². The van der Waals surface area contributed by atoms with Gasteiger partial charge >= 0.3 is 0 Å². The van der Waals surface area contributed by atoms with Gasteiger partial charge in [0, 0.05) is 6.04 Å². The van der Waals surface area contributed by atoms with E-state index in [1.165, 1.54) is 24.0 Å². The van der Waals surface area contributed by atoms with Crippen molar-refractivity contribution in [2.24, 2.45) is 0 Å². The van der Waals surface area contributed by atoms with E-state index in [4.69, 9.17) is 16.3 Å². The van der Waals surface area contributed by atoms with Crippen LogP contribution in [0.2, 0.25) is 5.02 Å². The van der Waals surface area contributed by atoms with Crippen LogP contribution in [0.25, 0.3) is 0 Å². The van der Waals surface area contributed by atoms with E-state index in [1.54, 1.807) is 7.11 Å². The quantitative estimate of drug-likeness (QED) is 0.890. The Bertz CT molecular complexity index is 386. The van der Waals surface area contributed by atoms with Crippen LogP contribution in [0.3, 0.4) is 0 Å². The first-order chi connectivity index (χ1) is 8.24. The van der Waals surface area contributed by atoms with Crippen molar-refractivity contribution in [2.75, 3.05) is 13.7 Å². The fourth-order valence-corrected chi connectivity index (χ4v) is 2.77. The molecule has 1 fully saturated rings. The summed E-state index contributed by atoms with van der Waals surface area (Å²) in [5, 5.41) is 4.25. The largest absolute Gasteiger partial charge is 0.495 e. The van der Waals surface area contributed by atoms with Crippen molar-refractivity contribution in [3.63, 3.8) is 0 Å². The predicted molar refractivity (Wildman–Crippen MR) is 72.1 cm³/mol. The van der Waals surface area contributed by atoms with Gasteiger partial charge in [-0.05, 0) is 55.5 Å². The van der Waals surface area contributed by atoms with Gasteiger partial charge in [-0.15, -0.1) is 0 Å². The molecule has 1 aliphatic heterocycles. The van der Waals surface area contributed by atoms with Crippen molar-refractivity contribution in [3.05, 3.63) is 28.3 Å². The molecule has 17 heavy (non-hydrogen) atoms. The molecule has 1 atom stereocenters. The van der Waals surface area contributed by atoms with E-state index in [2.05, 4.69) is 24.4 Å². The number of rotatable bonds is 4. The van der Waals surface area contributed by atoms with Crippen LogP contribution in [0.4, 0.5) is 0 Å². The van der Waals surface area contributed by atoms with Gasteiger partial charge in [0.2, 0.25) is 0 Å². The van der Waals surface area contributed by atoms with Crippen LogP contribution in [-0.2, 0) is 12.8 Å². The summed E-state index contributed by atoms with van der Waals surface area (Å²) < 4.78 is 5.26. The van der Waals surface area contributed by atoms with E-state index in [0.717, 1.165) is 30.2 Å². The van der Waals surface area contributed by atoms with Crippen LogP contribution in [0.15, 0.2) is 12.1 Å². The summed E-state index contributed by atoms with van der Waals surface area (Å²) >= 11 is 6.20. The predicted octanol–water partition coefficient (Wildman–Crippen LogP) is 3.21. The van der Waals surface area contributed by atoms with Gasteiger partial charge in [-0.3, -0.25) is 0 Å². The highest BCUT2D eigenvalue weighted by Gasteiger charge is 2.17. The van der Waals surface area contributed by atoms with Crippen molar-refractivity contribution < 1.29 is 4.74 Å². The lowest BCUT2D eigenvalue weighted by Gasteiger charge is -2.15. The second-order valence-corrected chi connectivity index (χ2v) is 5.01. The molecule has 3 heteroatoms. The molecule has 94 valence electrons. The Morgan fingerprint density at radius 2 is 2.24 bits per heavy atom. The monoisotopic (exact) mass is 253 g/mol. The summed E-state index contributed by atoms with van der Waals surface area (Å²) in [5.41, 5.74) is 2.71. The van der Waals surface area contributed by atoms with Gasteiger partial charge in [0.25, 0.3) is 0 Å². The molecule has 0 aliphatic carbocycles. The number of ether oxygens (including phenoxy) is 1. The second kappa shape index (κ2) is 5.74. The van der Waals surface area contributed by atoms with E-state index in [-0.39, 0.29) is 0 Å². The summed E-state index contributed by atoms with van der Waals surface area (Å²) in [6.07, 6.45) is 4.66. The van der Waals surface area contributed by atoms with E-state index in [0.29, 0.717) is 6.04 Å². The fraction of sp³-hybridized carbons (Fsp3) is 0.571. The lowest BCUT2D eigenvalue weighted by Crippen LogP contribution is -2.24. The smallest absolute Gasteiger partial charge is 0.137 e. The van der Waals surface area contributed by atoms with Gasteiger partial charge in [0.15, 0.2) is 0 Å². The van der Waals surface area contributed by atoms with Crippen molar-refractivity contribution in [2.45, 2.75) is 38.6 Å². The van der Waals surface area contributed by atoms with Gasteiger partial charge in [0.1, 0.15) is 5.75 Å². The minimum atomic E-state index is 0.616. The lowest BCUT2D eigenvalue weighted by molar-refractivity contribution is 0.414. The number of aryl methyl sites for hydroxylation is 1. The SMILES string of the molecule is CCc1cc(OC)c(Cl)cc1CC1CCCN1. The van der Waals surface area contributed by atoms with E-state index in [9.17, 15) is 0 Å². The Balaban J connectivity index is 2.22. The number of methoxy groups -OCH3 is 1. The first-order valence-corrected chi connectivity index (χ1v) is 6.71. The number of benzene rings is 1. The zero-order valence-electron chi connectivity index (χ0n) is 10.6. The molecule has 0 aromatic heterocycles. The van der Waals surface area contributed by atoms with Crippen molar-refractivity contribution >= 4 is 11.6 Å². The Morgan fingerprint density at radius 1 is 1.41 bits per heavy atom. The minimum Gasteiger partial charge on any atom is -0.495 e. The summed E-state index contributed by atoms with van der Waals surface area (Å²) in [6, 6.07) is 4.76. The number of hydrogen-bond donors (Lipinski definition) is 1. The molecule has 1 aliphatic rings. The van der Waals surface area contributed by atoms with Crippen LogP contribution in [0.1, 0.15) is 30.9 Å². The average molecular weight is 254 g/mol. The van der Waals surface area contributed by atoms with Gasteiger partial charge in [0.05, 0.1) is 12.1 Å². The maximum atomic E-state index is 6.20. The minimum absolute atomic E-state index is 0.616. The van der Waals surface area contributed by atoms with Crippen molar-refractivity contribution in [1.82, 2.24) is 5.32 Å². The van der Waals surface area contributed by atoms with Crippen LogP contribution < -0.4 is 10.1 Å². The first-order valence-electron chi connectivity index (χ1n) is 6.33. The third kappa shape index (κ3) is 2.93. The van der Waals surface area contributed by atoms with Crippen molar-refractivity contribution in [1.29, 1.82) is 0 Å². The van der Waals surface area contributed by atoms with Crippen molar-refractivity contribution in [3.8, 4) is 5.75 Å². The number of hydrogen-bond acceptors (Lipinski definition) is 2. The first kappa shape index (κ1) is 12.7. The van der Waals surface area contributed by atoms with Crippen LogP contribution in [-0.4, -0.2) is 19.7 Å². The highest BCUT2D eigenvalue weighted by atomic mass is 35.5. The molecule has 0 bridgehead atoms. The van der Waals surface area contributed by atoms with E-state index in [1.807, 2.05) is 0 Å². The summed E-state index contributed by atoms with van der Waals surface area (Å²) in [4.78, 5) is 0. The Labute approximate surface area is 108 Å². The third-order valence-corrected chi connectivity index (χ3v) is 3.78. The van der Waals surface area contributed by atoms with Crippen LogP contribution >= 0.6 is 11.6 Å². The summed E-state index contributed by atoms with van der Waals surface area (Å²) in [6.45, 7) is 3.32.